The van der Waals surface area contributed by atoms with Gasteiger partial charge in [0.05, 0.1) is 0 Å². The highest BCUT2D eigenvalue weighted by molar-refractivity contribution is 6.18. The summed E-state index contributed by atoms with van der Waals surface area (Å²) in [6.45, 7) is 0.793. The van der Waals surface area contributed by atoms with Crippen LogP contribution in [0.25, 0.3) is 0 Å². The van der Waals surface area contributed by atoms with Crippen LogP contribution < -0.4 is 5.32 Å². The zero-order chi connectivity index (χ0) is 4.12. The van der Waals surface area contributed by atoms with E-state index in [4.69, 9.17) is 11.6 Å². The number of hydrogen-bond donors (Lipinski definition) is 1. The average Bonchev–Trinajstić information content (AvgIpc) is 1.41. The molecule has 0 spiro atoms. The van der Waals surface area contributed by atoms with Crippen molar-refractivity contribution in [2.45, 2.75) is 0 Å². The van der Waals surface area contributed by atoms with Crippen LogP contribution in [0.2, 0.25) is 0 Å². The predicted molar refractivity (Wildman–Crippen MR) is 24.1 cm³/mol. The maximum absolute atomic E-state index is 5.20. The Morgan fingerprint density at radius 2 is 2.40 bits per heavy atom. The van der Waals surface area contributed by atoms with E-state index in [-0.39, 0.29) is 0 Å². The third kappa shape index (κ3) is 4.25. The second-order valence-electron chi connectivity index (χ2n) is 0.689. The van der Waals surface area contributed by atoms with Gasteiger partial charge in [0, 0.05) is 19.5 Å². The molecule has 0 bridgehead atoms. The van der Waals surface area contributed by atoms with E-state index < -0.39 is 0 Å². The van der Waals surface area contributed by atoms with E-state index in [2.05, 4.69) is 12.4 Å². The lowest BCUT2D eigenvalue weighted by atomic mass is 10.8. The molecular weight excluding hydrogens is 85.5 g/mol. The van der Waals surface area contributed by atoms with Gasteiger partial charge in [-0.05, 0) is 0 Å². The summed E-state index contributed by atoms with van der Waals surface area (Å²) in [5, 5.41) is 2.64. The van der Waals surface area contributed by atoms with Crippen molar-refractivity contribution in [3.05, 3.63) is 7.05 Å². The van der Waals surface area contributed by atoms with Crippen molar-refractivity contribution in [1.82, 2.24) is 5.32 Å². The molecule has 0 unspecified atom stereocenters. The SMILES string of the molecule is [CH2]NCCCl. The van der Waals surface area contributed by atoms with Crippen molar-refractivity contribution in [1.29, 1.82) is 0 Å². The Balaban J connectivity index is 2.19. The van der Waals surface area contributed by atoms with Crippen LogP contribution in [-0.2, 0) is 0 Å². The van der Waals surface area contributed by atoms with E-state index in [1.54, 1.807) is 0 Å². The van der Waals surface area contributed by atoms with Crippen LogP contribution >= 0.6 is 11.6 Å². The molecule has 0 aliphatic carbocycles. The standard InChI is InChI=1S/C3H7ClN/c1-5-3-2-4/h5H,1-3H2. The summed E-state index contributed by atoms with van der Waals surface area (Å²) in [6, 6.07) is 0. The smallest absolute Gasteiger partial charge is 0.0348 e. The molecule has 0 aromatic carbocycles. The molecule has 0 rings (SSSR count). The van der Waals surface area contributed by atoms with Gasteiger partial charge in [0.2, 0.25) is 0 Å². The molecular formula is C3H7ClN. The van der Waals surface area contributed by atoms with Crippen LogP contribution in [0.4, 0.5) is 0 Å². The van der Waals surface area contributed by atoms with Gasteiger partial charge in [-0.2, -0.15) is 0 Å². The largest absolute Gasteiger partial charge is 0.314 e. The maximum Gasteiger partial charge on any atom is 0.0348 e. The molecule has 0 aliphatic heterocycles. The number of nitrogens with one attached hydrogen (secondary N) is 1. The number of alkyl halides is 1. The maximum atomic E-state index is 5.20. The number of halogens is 1. The fraction of sp³-hybridized carbons (Fsp3) is 0.667. The fourth-order valence-electron chi connectivity index (χ4n) is 0.0668. The summed E-state index contributed by atoms with van der Waals surface area (Å²) in [5.74, 6) is 0.642. The molecule has 1 nitrogen and oxygen atoms in total. The van der Waals surface area contributed by atoms with Crippen molar-refractivity contribution in [3.8, 4) is 0 Å². The van der Waals surface area contributed by atoms with Gasteiger partial charge in [-0.25, -0.2) is 0 Å². The zero-order valence-electron chi connectivity index (χ0n) is 3.00. The molecule has 1 radical (unpaired) electrons. The van der Waals surface area contributed by atoms with Crippen LogP contribution in [0, 0.1) is 7.05 Å². The molecule has 5 heavy (non-hydrogen) atoms. The lowest BCUT2D eigenvalue weighted by Crippen LogP contribution is -2.04. The quantitative estimate of drug-likeness (QED) is 0.492. The second kappa shape index (κ2) is 4.25. The summed E-state index contributed by atoms with van der Waals surface area (Å²) in [5.41, 5.74) is 0. The molecule has 0 saturated carbocycles. The first-order chi connectivity index (χ1) is 2.41. The van der Waals surface area contributed by atoms with Gasteiger partial charge >= 0.3 is 0 Å². The van der Waals surface area contributed by atoms with Crippen molar-refractivity contribution in [2.24, 2.45) is 0 Å². The van der Waals surface area contributed by atoms with E-state index in [1.807, 2.05) is 0 Å². The molecule has 1 N–H and O–H groups in total. The molecule has 0 aliphatic rings. The third-order valence-corrected chi connectivity index (χ3v) is 0.460. The first-order valence-electron chi connectivity index (χ1n) is 1.47. The van der Waals surface area contributed by atoms with Crippen LogP contribution in [0.3, 0.4) is 0 Å². The monoisotopic (exact) mass is 92.0 g/mol. The van der Waals surface area contributed by atoms with Gasteiger partial charge in [-0.3, -0.25) is 0 Å². The highest BCUT2D eigenvalue weighted by Gasteiger charge is 1.67. The van der Waals surface area contributed by atoms with Gasteiger partial charge in [-0.1, -0.05) is 0 Å². The van der Waals surface area contributed by atoms with E-state index >= 15 is 0 Å². The first-order valence-corrected chi connectivity index (χ1v) is 2.01. The van der Waals surface area contributed by atoms with E-state index in [1.165, 1.54) is 0 Å². The Morgan fingerprint density at radius 3 is 2.40 bits per heavy atom. The summed E-state index contributed by atoms with van der Waals surface area (Å²) in [6.07, 6.45) is 0. The van der Waals surface area contributed by atoms with E-state index in [9.17, 15) is 0 Å². The summed E-state index contributed by atoms with van der Waals surface area (Å²) in [4.78, 5) is 0. The summed E-state index contributed by atoms with van der Waals surface area (Å²) in [7, 11) is 3.34. The first kappa shape index (κ1) is 5.25. The van der Waals surface area contributed by atoms with E-state index in [0.717, 1.165) is 6.54 Å². The lowest BCUT2D eigenvalue weighted by molar-refractivity contribution is 0.922. The Bertz CT molecular complexity index is 14.4. The van der Waals surface area contributed by atoms with E-state index in [0.29, 0.717) is 5.88 Å². The molecule has 0 saturated heterocycles. The second-order valence-corrected chi connectivity index (χ2v) is 1.07. The summed E-state index contributed by atoms with van der Waals surface area (Å²) < 4.78 is 0. The number of rotatable bonds is 2. The van der Waals surface area contributed by atoms with Gasteiger partial charge in [0.25, 0.3) is 0 Å². The Hall–Kier alpha value is 0.250. The molecule has 0 heterocycles. The van der Waals surface area contributed by atoms with Crippen LogP contribution in [-0.4, -0.2) is 12.4 Å². The normalized spacial score (nSPS) is 8.40. The molecule has 0 amide bonds. The number of hydrogen-bond acceptors (Lipinski definition) is 1. The Labute approximate surface area is 37.3 Å². The minimum atomic E-state index is 0.642. The molecule has 0 atom stereocenters. The van der Waals surface area contributed by atoms with Gasteiger partial charge in [0.1, 0.15) is 0 Å². The van der Waals surface area contributed by atoms with Crippen LogP contribution in [0.5, 0.6) is 0 Å². The van der Waals surface area contributed by atoms with Crippen LogP contribution in [0.15, 0.2) is 0 Å². The summed E-state index contributed by atoms with van der Waals surface area (Å²) >= 11 is 5.20. The predicted octanol–water partition coefficient (Wildman–Crippen LogP) is 0.606. The van der Waals surface area contributed by atoms with Crippen LogP contribution in [0.1, 0.15) is 0 Å². The minimum absolute atomic E-state index is 0.642. The minimum Gasteiger partial charge on any atom is -0.314 e. The van der Waals surface area contributed by atoms with Crippen molar-refractivity contribution in [2.75, 3.05) is 12.4 Å². The molecule has 0 aromatic heterocycles. The van der Waals surface area contributed by atoms with Crippen molar-refractivity contribution in [3.63, 3.8) is 0 Å². The average molecular weight is 92.5 g/mol. The molecule has 0 fully saturated rings. The topological polar surface area (TPSA) is 12.0 Å². The Morgan fingerprint density at radius 1 is 1.80 bits per heavy atom. The van der Waals surface area contributed by atoms with Gasteiger partial charge in [-0.15, -0.1) is 11.6 Å². The highest BCUT2D eigenvalue weighted by atomic mass is 35.5. The molecule has 31 valence electrons. The van der Waals surface area contributed by atoms with Gasteiger partial charge < -0.3 is 5.32 Å². The fourth-order valence-corrected chi connectivity index (χ4v) is 0.200. The van der Waals surface area contributed by atoms with Crippen molar-refractivity contribution >= 4 is 11.6 Å². The van der Waals surface area contributed by atoms with Gasteiger partial charge in [0.15, 0.2) is 0 Å². The third-order valence-electron chi connectivity index (χ3n) is 0.271. The van der Waals surface area contributed by atoms with Crippen molar-refractivity contribution < 1.29 is 0 Å². The molecule has 2 heteroatoms. The molecule has 0 aromatic rings. The Kier molecular flexibility index (Phi) is 4.46. The lowest BCUT2D eigenvalue weighted by Gasteiger charge is -1.82. The highest BCUT2D eigenvalue weighted by Crippen LogP contribution is 1.64. The zero-order valence-corrected chi connectivity index (χ0v) is 3.76.